The van der Waals surface area contributed by atoms with E-state index in [-0.39, 0.29) is 10.8 Å². The van der Waals surface area contributed by atoms with E-state index in [0.29, 0.717) is 6.07 Å². The lowest BCUT2D eigenvalue weighted by atomic mass is 10.1. The van der Waals surface area contributed by atoms with Gasteiger partial charge in [0.15, 0.2) is 0 Å². The molecule has 18 heavy (non-hydrogen) atoms. The van der Waals surface area contributed by atoms with Crippen molar-refractivity contribution in [1.29, 1.82) is 0 Å². The largest absolute Gasteiger partial charge is 0.295 e. The van der Waals surface area contributed by atoms with E-state index >= 15 is 0 Å². The topological polar surface area (TPSA) is 109 Å². The van der Waals surface area contributed by atoms with Crippen LogP contribution in [-0.4, -0.2) is 25.9 Å². The molecule has 2 aromatic carbocycles. The lowest BCUT2D eigenvalue weighted by Gasteiger charge is -2.05. The van der Waals surface area contributed by atoms with Gasteiger partial charge < -0.3 is 0 Å². The molecule has 1 radical (unpaired) electrons. The van der Waals surface area contributed by atoms with Crippen LogP contribution in [0.3, 0.4) is 0 Å². The van der Waals surface area contributed by atoms with Gasteiger partial charge in [-0.1, -0.05) is 24.3 Å². The maximum atomic E-state index is 11.2. The molecule has 0 spiro atoms. The van der Waals surface area contributed by atoms with Crippen LogP contribution in [0.2, 0.25) is 0 Å². The first-order valence-electron chi connectivity index (χ1n) is 4.59. The van der Waals surface area contributed by atoms with Crippen molar-refractivity contribution in [3.05, 3.63) is 36.4 Å². The fourth-order valence-corrected chi connectivity index (χ4v) is 2.83. The number of rotatable bonds is 2. The second-order valence-corrected chi connectivity index (χ2v) is 6.27. The van der Waals surface area contributed by atoms with E-state index in [1.165, 1.54) is 18.2 Å². The van der Waals surface area contributed by atoms with Gasteiger partial charge in [0.25, 0.3) is 20.2 Å². The predicted molar refractivity (Wildman–Crippen MR) is 62.4 cm³/mol. The maximum absolute atomic E-state index is 11.2. The standard InChI is InChI=1S/C10H7O6S2/c11-17(12,13)8-5-7-3-1-2-4-9(7)10(6-8)18(14,15)16/h1-4,6H,(H,11,12,13)(H,14,15,16). The van der Waals surface area contributed by atoms with Gasteiger partial charge in [0.2, 0.25) is 0 Å². The Morgan fingerprint density at radius 2 is 1.56 bits per heavy atom. The van der Waals surface area contributed by atoms with E-state index in [2.05, 4.69) is 6.07 Å². The number of benzene rings is 2. The van der Waals surface area contributed by atoms with Crippen LogP contribution in [-0.2, 0) is 20.2 Å². The molecule has 0 aliphatic heterocycles. The van der Waals surface area contributed by atoms with Crippen molar-refractivity contribution in [2.24, 2.45) is 0 Å². The highest BCUT2D eigenvalue weighted by atomic mass is 32.2. The Morgan fingerprint density at radius 1 is 0.944 bits per heavy atom. The molecule has 2 rings (SSSR count). The molecule has 8 heteroatoms. The summed E-state index contributed by atoms with van der Waals surface area (Å²) in [6.07, 6.45) is 0. The van der Waals surface area contributed by atoms with Gasteiger partial charge in [0, 0.05) is 11.5 Å². The zero-order valence-electron chi connectivity index (χ0n) is 8.73. The van der Waals surface area contributed by atoms with E-state index < -0.39 is 30.0 Å². The fourth-order valence-electron chi connectivity index (χ4n) is 1.52. The minimum atomic E-state index is -4.61. The van der Waals surface area contributed by atoms with Crippen molar-refractivity contribution in [3.8, 4) is 0 Å². The van der Waals surface area contributed by atoms with E-state index in [9.17, 15) is 16.8 Å². The van der Waals surface area contributed by atoms with E-state index in [1.807, 2.05) is 0 Å². The molecule has 0 unspecified atom stereocenters. The molecule has 0 heterocycles. The molecular weight excluding hydrogens is 280 g/mol. The molecule has 0 fully saturated rings. The monoisotopic (exact) mass is 287 g/mol. The average Bonchev–Trinajstić information content (AvgIpc) is 2.25. The summed E-state index contributed by atoms with van der Waals surface area (Å²) >= 11 is 0. The third kappa shape index (κ3) is 2.36. The minimum Gasteiger partial charge on any atom is -0.282 e. The normalized spacial score (nSPS) is 12.8. The molecule has 6 nitrogen and oxygen atoms in total. The van der Waals surface area contributed by atoms with Crippen LogP contribution >= 0.6 is 0 Å². The summed E-state index contributed by atoms with van der Waals surface area (Å²) in [6.45, 7) is 0. The zero-order valence-corrected chi connectivity index (χ0v) is 10.4. The molecule has 0 aromatic heterocycles. The Balaban J connectivity index is 3.00. The Morgan fingerprint density at radius 3 is 2.11 bits per heavy atom. The van der Waals surface area contributed by atoms with Crippen molar-refractivity contribution in [3.63, 3.8) is 0 Å². The maximum Gasteiger partial charge on any atom is 0.295 e. The van der Waals surface area contributed by atoms with Gasteiger partial charge in [0.05, 0.1) is 0 Å². The highest BCUT2D eigenvalue weighted by Gasteiger charge is 2.20. The molecule has 0 aliphatic rings. The molecular formula is C10H7O6S2. The number of hydrogen-bond acceptors (Lipinski definition) is 4. The molecule has 2 N–H and O–H groups in total. The van der Waals surface area contributed by atoms with E-state index in [4.69, 9.17) is 9.11 Å². The second kappa shape index (κ2) is 4.02. The molecule has 95 valence electrons. The van der Waals surface area contributed by atoms with Crippen LogP contribution in [0.1, 0.15) is 0 Å². The SMILES string of the molecule is O=S(=O)(O)c1[c]c2ccccc2c(S(=O)(=O)O)c1. The van der Waals surface area contributed by atoms with Gasteiger partial charge in [0.1, 0.15) is 9.79 Å². The summed E-state index contributed by atoms with van der Waals surface area (Å²) in [5, 5.41) is 0.271. The van der Waals surface area contributed by atoms with Crippen LogP contribution in [0.5, 0.6) is 0 Å². The summed E-state index contributed by atoms with van der Waals surface area (Å²) < 4.78 is 62.4. The quantitative estimate of drug-likeness (QED) is 0.801. The zero-order chi connectivity index (χ0) is 13.6. The smallest absolute Gasteiger partial charge is 0.282 e. The van der Waals surface area contributed by atoms with Gasteiger partial charge in [-0.15, -0.1) is 0 Å². The van der Waals surface area contributed by atoms with Crippen LogP contribution in [0, 0.1) is 6.07 Å². The Kier molecular flexibility index (Phi) is 2.90. The third-order valence-corrected chi connectivity index (χ3v) is 3.94. The third-order valence-electron chi connectivity index (χ3n) is 2.27. The molecule has 0 saturated carbocycles. The Hall–Kier alpha value is -1.48. The molecule has 0 bridgehead atoms. The summed E-state index contributed by atoms with van der Waals surface area (Å²) in [7, 11) is -9.22. The van der Waals surface area contributed by atoms with Crippen LogP contribution in [0.15, 0.2) is 40.1 Å². The van der Waals surface area contributed by atoms with E-state index in [0.717, 1.165) is 0 Å². The van der Waals surface area contributed by atoms with Crippen LogP contribution in [0.25, 0.3) is 10.8 Å². The van der Waals surface area contributed by atoms with Crippen molar-refractivity contribution < 1.29 is 25.9 Å². The van der Waals surface area contributed by atoms with Crippen molar-refractivity contribution in [2.45, 2.75) is 9.79 Å². The van der Waals surface area contributed by atoms with Gasteiger partial charge >= 0.3 is 0 Å². The Labute approximate surface area is 103 Å². The highest BCUT2D eigenvalue weighted by Crippen LogP contribution is 2.26. The first-order chi connectivity index (χ1) is 8.19. The first-order valence-corrected chi connectivity index (χ1v) is 7.47. The summed E-state index contributed by atoms with van der Waals surface area (Å²) in [5.41, 5.74) is 0. The van der Waals surface area contributed by atoms with Gasteiger partial charge in [-0.2, -0.15) is 16.8 Å². The second-order valence-electron chi connectivity index (χ2n) is 3.49. The van der Waals surface area contributed by atoms with Crippen LogP contribution < -0.4 is 0 Å². The van der Waals surface area contributed by atoms with Crippen molar-refractivity contribution >= 4 is 31.0 Å². The fraction of sp³-hybridized carbons (Fsp3) is 0. The predicted octanol–water partition coefficient (Wildman–Crippen LogP) is 1.13. The lowest BCUT2D eigenvalue weighted by Crippen LogP contribution is -2.04. The van der Waals surface area contributed by atoms with Crippen molar-refractivity contribution in [1.82, 2.24) is 0 Å². The molecule has 0 saturated heterocycles. The average molecular weight is 287 g/mol. The first kappa shape index (κ1) is 13.0. The number of hydrogen-bond donors (Lipinski definition) is 2. The lowest BCUT2D eigenvalue weighted by molar-refractivity contribution is 0.482. The van der Waals surface area contributed by atoms with E-state index in [1.54, 1.807) is 6.07 Å². The molecule has 0 aliphatic carbocycles. The summed E-state index contributed by atoms with van der Waals surface area (Å²) in [6, 6.07) is 8.90. The molecule has 2 aromatic rings. The van der Waals surface area contributed by atoms with Gasteiger partial charge in [-0.25, -0.2) is 0 Å². The minimum absolute atomic E-state index is 0.118. The van der Waals surface area contributed by atoms with Gasteiger partial charge in [-0.05, 0) is 11.5 Å². The molecule has 0 atom stereocenters. The Bertz CT molecular complexity index is 821. The van der Waals surface area contributed by atoms with Crippen LogP contribution in [0.4, 0.5) is 0 Å². The highest BCUT2D eigenvalue weighted by molar-refractivity contribution is 7.86. The number of fused-ring (bicyclic) bond motifs is 1. The summed E-state index contributed by atoms with van der Waals surface area (Å²) in [5.74, 6) is 0. The summed E-state index contributed by atoms with van der Waals surface area (Å²) in [4.78, 5) is -1.31. The van der Waals surface area contributed by atoms with Gasteiger partial charge in [-0.3, -0.25) is 9.11 Å². The van der Waals surface area contributed by atoms with Crippen molar-refractivity contribution in [2.75, 3.05) is 0 Å². The molecule has 0 amide bonds.